The molecule has 0 spiro atoms. The summed E-state index contributed by atoms with van der Waals surface area (Å²) in [5.41, 5.74) is 1.29. The number of aromatic hydroxyl groups is 1. The lowest BCUT2D eigenvalue weighted by Crippen LogP contribution is -2.42. The highest BCUT2D eigenvalue weighted by Gasteiger charge is 2.23. The summed E-state index contributed by atoms with van der Waals surface area (Å²) < 4.78 is 0. The van der Waals surface area contributed by atoms with Crippen LogP contribution < -0.4 is 21.3 Å². The standard InChI is InChI=1S/C22H24Cl2N6O6/c1-10-16(30-22-27-7-13(31)8-28-22)2-11(6-25-10)21(36)26-9-18(32)29-17(5-19(33)34)14-3-12(23)4-15(24)20(14)35/h2-4,6,13,17,31,35H,5,7-9H2,1H3,(H,26,36)(H,29,32)(H,33,34)(H2,27,28,30). The number of phenolic OH excluding ortho intramolecular Hbond substituents is 1. The molecule has 2 aromatic rings. The number of nitrogens with zero attached hydrogens (tertiary/aromatic N) is 2. The molecule has 14 heteroatoms. The number of aliphatic carboxylic acids is 1. The average Bonchev–Trinajstić information content (AvgIpc) is 2.82. The number of aliphatic imine (C=N–C) groups is 1. The molecule has 2 amide bonds. The van der Waals surface area contributed by atoms with Crippen LogP contribution in [0.1, 0.15) is 34.1 Å². The molecule has 0 aliphatic carbocycles. The molecule has 0 saturated heterocycles. The number of aryl methyl sites for hydroxylation is 1. The molecule has 1 aromatic heterocycles. The van der Waals surface area contributed by atoms with E-state index in [-0.39, 0.29) is 27.7 Å². The number of rotatable bonds is 8. The van der Waals surface area contributed by atoms with Crippen molar-refractivity contribution in [1.29, 1.82) is 0 Å². The van der Waals surface area contributed by atoms with Crippen LogP contribution in [0.15, 0.2) is 29.4 Å². The van der Waals surface area contributed by atoms with Crippen molar-refractivity contribution in [2.24, 2.45) is 4.99 Å². The monoisotopic (exact) mass is 538 g/mol. The molecular weight excluding hydrogens is 515 g/mol. The van der Waals surface area contributed by atoms with Crippen molar-refractivity contribution in [2.45, 2.75) is 25.5 Å². The van der Waals surface area contributed by atoms with Gasteiger partial charge in [-0.05, 0) is 25.1 Å². The molecule has 12 nitrogen and oxygen atoms in total. The number of hydrogen-bond acceptors (Lipinski definition) is 9. The molecule has 2 heterocycles. The van der Waals surface area contributed by atoms with Crippen molar-refractivity contribution in [2.75, 3.05) is 25.0 Å². The number of halogens is 2. The average molecular weight is 539 g/mol. The van der Waals surface area contributed by atoms with Crippen molar-refractivity contribution in [1.82, 2.24) is 20.9 Å². The van der Waals surface area contributed by atoms with E-state index in [1.807, 2.05) is 0 Å². The minimum atomic E-state index is -1.24. The fourth-order valence-corrected chi connectivity index (χ4v) is 3.81. The Morgan fingerprint density at radius 2 is 2.00 bits per heavy atom. The molecule has 2 unspecified atom stereocenters. The number of guanidine groups is 1. The summed E-state index contributed by atoms with van der Waals surface area (Å²) >= 11 is 11.9. The van der Waals surface area contributed by atoms with Gasteiger partial charge in [-0.1, -0.05) is 23.2 Å². The first-order chi connectivity index (χ1) is 17.0. The minimum absolute atomic E-state index is 0.0276. The summed E-state index contributed by atoms with van der Waals surface area (Å²) in [5, 5.41) is 39.8. The number of β-amino-alcohol motifs (C(OH)–C–C–N with tert-alkyl or cyclic N) is 1. The van der Waals surface area contributed by atoms with Gasteiger partial charge in [0.1, 0.15) is 5.75 Å². The highest BCUT2D eigenvalue weighted by atomic mass is 35.5. The first-order valence-corrected chi connectivity index (χ1v) is 11.5. The molecule has 0 saturated carbocycles. The number of carbonyl (C=O) groups is 3. The topological polar surface area (TPSA) is 185 Å². The number of carboxylic acid groups (broad SMARTS) is 1. The Balaban J connectivity index is 1.65. The number of aliphatic hydroxyl groups excluding tert-OH is 1. The first-order valence-electron chi connectivity index (χ1n) is 10.7. The number of benzene rings is 1. The second kappa shape index (κ2) is 11.9. The third-order valence-corrected chi connectivity index (χ3v) is 5.63. The van der Waals surface area contributed by atoms with E-state index in [9.17, 15) is 29.7 Å². The minimum Gasteiger partial charge on any atom is -0.506 e. The summed E-state index contributed by atoms with van der Waals surface area (Å²) in [7, 11) is 0. The quantitative estimate of drug-likeness (QED) is 0.259. The summed E-state index contributed by atoms with van der Waals surface area (Å²) in [5.74, 6) is -2.52. The number of carbonyl (C=O) groups excluding carboxylic acids is 2. The van der Waals surface area contributed by atoms with E-state index in [0.717, 1.165) is 0 Å². The highest BCUT2D eigenvalue weighted by Crippen LogP contribution is 2.36. The maximum absolute atomic E-state index is 12.6. The zero-order valence-corrected chi connectivity index (χ0v) is 20.5. The number of amides is 2. The van der Waals surface area contributed by atoms with Crippen LogP contribution in [0.2, 0.25) is 10.0 Å². The maximum atomic E-state index is 12.6. The summed E-state index contributed by atoms with van der Waals surface area (Å²) in [6.07, 6.45) is 0.204. The number of aromatic nitrogens is 1. The van der Waals surface area contributed by atoms with E-state index in [0.29, 0.717) is 23.9 Å². The number of carboxylic acids is 1. The van der Waals surface area contributed by atoms with E-state index < -0.39 is 48.6 Å². The van der Waals surface area contributed by atoms with Crippen LogP contribution in [-0.2, 0) is 9.59 Å². The molecule has 0 bridgehead atoms. The van der Waals surface area contributed by atoms with E-state index in [1.54, 1.807) is 6.92 Å². The fourth-order valence-electron chi connectivity index (χ4n) is 3.30. The fraction of sp³-hybridized carbons (Fsp3) is 0.318. The lowest BCUT2D eigenvalue weighted by atomic mass is 10.0. The predicted molar refractivity (Wildman–Crippen MR) is 133 cm³/mol. The van der Waals surface area contributed by atoms with Crippen molar-refractivity contribution in [3.05, 3.63) is 51.3 Å². The van der Waals surface area contributed by atoms with Crippen molar-refractivity contribution < 1.29 is 29.7 Å². The molecule has 0 radical (unpaired) electrons. The smallest absolute Gasteiger partial charge is 0.305 e. The lowest BCUT2D eigenvalue weighted by Gasteiger charge is -2.21. The number of aliphatic hydroxyl groups is 1. The number of phenols is 1. The van der Waals surface area contributed by atoms with Crippen LogP contribution in [0.25, 0.3) is 0 Å². The normalized spacial score (nSPS) is 15.8. The van der Waals surface area contributed by atoms with Gasteiger partial charge in [0.25, 0.3) is 5.91 Å². The Hall–Kier alpha value is -3.61. The van der Waals surface area contributed by atoms with Gasteiger partial charge in [-0.15, -0.1) is 0 Å². The molecule has 2 atom stereocenters. The first kappa shape index (κ1) is 27.0. The summed E-state index contributed by atoms with van der Waals surface area (Å²) in [6.45, 7) is 1.82. The van der Waals surface area contributed by atoms with Crippen LogP contribution in [0, 0.1) is 6.92 Å². The molecule has 1 aromatic carbocycles. The van der Waals surface area contributed by atoms with Gasteiger partial charge in [0.05, 0.1) is 53.6 Å². The van der Waals surface area contributed by atoms with Crippen LogP contribution in [0.3, 0.4) is 0 Å². The Labute approximate surface area is 215 Å². The molecule has 1 aliphatic rings. The van der Waals surface area contributed by atoms with Gasteiger partial charge in [-0.2, -0.15) is 0 Å². The Morgan fingerprint density at radius 1 is 1.25 bits per heavy atom. The Kier molecular flexibility index (Phi) is 8.91. The zero-order chi connectivity index (χ0) is 26.4. The van der Waals surface area contributed by atoms with Crippen molar-refractivity contribution in [3.63, 3.8) is 0 Å². The largest absolute Gasteiger partial charge is 0.506 e. The van der Waals surface area contributed by atoms with Crippen molar-refractivity contribution in [3.8, 4) is 5.75 Å². The van der Waals surface area contributed by atoms with Gasteiger partial charge in [0.15, 0.2) is 5.96 Å². The zero-order valence-electron chi connectivity index (χ0n) is 19.0. The molecule has 3 rings (SSSR count). The predicted octanol–water partition coefficient (Wildman–Crippen LogP) is 1.20. The van der Waals surface area contributed by atoms with Gasteiger partial charge in [-0.3, -0.25) is 24.4 Å². The van der Waals surface area contributed by atoms with Gasteiger partial charge >= 0.3 is 5.97 Å². The van der Waals surface area contributed by atoms with E-state index >= 15 is 0 Å². The molecule has 0 fully saturated rings. The number of pyridine rings is 1. The number of hydrogen-bond donors (Lipinski definition) is 7. The van der Waals surface area contributed by atoms with Gasteiger partial charge in [0, 0.05) is 23.3 Å². The van der Waals surface area contributed by atoms with Crippen LogP contribution in [0.4, 0.5) is 5.69 Å². The van der Waals surface area contributed by atoms with E-state index in [1.165, 1.54) is 24.4 Å². The number of anilines is 1. The summed E-state index contributed by atoms with van der Waals surface area (Å²) in [4.78, 5) is 44.8. The maximum Gasteiger partial charge on any atom is 0.305 e. The van der Waals surface area contributed by atoms with Crippen LogP contribution in [0.5, 0.6) is 5.75 Å². The molecule has 192 valence electrons. The number of nitrogens with one attached hydrogen (secondary N) is 4. The van der Waals surface area contributed by atoms with Gasteiger partial charge in [0.2, 0.25) is 5.91 Å². The Bertz CT molecular complexity index is 1210. The second-order valence-electron chi connectivity index (χ2n) is 7.93. The van der Waals surface area contributed by atoms with Crippen LogP contribution >= 0.6 is 23.2 Å². The van der Waals surface area contributed by atoms with E-state index in [4.69, 9.17) is 23.2 Å². The third kappa shape index (κ3) is 7.20. The molecule has 7 N–H and O–H groups in total. The molecular formula is C22H24Cl2N6O6. The van der Waals surface area contributed by atoms with Crippen LogP contribution in [-0.4, -0.2) is 69.8 Å². The highest BCUT2D eigenvalue weighted by molar-refractivity contribution is 6.35. The van der Waals surface area contributed by atoms with E-state index in [2.05, 4.69) is 31.2 Å². The summed E-state index contributed by atoms with van der Waals surface area (Å²) in [6, 6.07) is 2.96. The lowest BCUT2D eigenvalue weighted by molar-refractivity contribution is -0.137. The Morgan fingerprint density at radius 3 is 2.67 bits per heavy atom. The second-order valence-corrected chi connectivity index (χ2v) is 8.78. The van der Waals surface area contributed by atoms with Crippen molar-refractivity contribution >= 4 is 52.6 Å². The van der Waals surface area contributed by atoms with Gasteiger partial charge in [-0.25, -0.2) is 0 Å². The van der Waals surface area contributed by atoms with Gasteiger partial charge < -0.3 is 36.6 Å². The SMILES string of the molecule is Cc1ncc(C(=O)NCC(=O)NC(CC(=O)O)c2cc(Cl)cc(Cl)c2O)cc1NC1=NCC(O)CN1. The third-order valence-electron chi connectivity index (χ3n) is 5.12. The molecule has 1 aliphatic heterocycles. The molecule has 36 heavy (non-hydrogen) atoms.